The van der Waals surface area contributed by atoms with Crippen LogP contribution in [0, 0.1) is 0 Å². The van der Waals surface area contributed by atoms with E-state index in [-0.39, 0.29) is 69.9 Å². The molecule has 8 nitrogen and oxygen atoms in total. The van der Waals surface area contributed by atoms with Gasteiger partial charge in [-0.1, -0.05) is 0 Å². The van der Waals surface area contributed by atoms with Crippen LogP contribution in [-0.2, 0) is 18.7 Å². The molecule has 0 bridgehead atoms. The number of carboxylic acid groups (broad SMARTS) is 1. The normalized spacial score (nSPS) is 12.4. The van der Waals surface area contributed by atoms with Crippen LogP contribution in [0.4, 0.5) is 4.79 Å². The molecule has 0 saturated heterocycles. The smallest absolute Gasteiger partial charge is 0.739 e. The Morgan fingerprint density at radius 1 is 1.30 bits per heavy atom. The van der Waals surface area contributed by atoms with E-state index >= 15 is 0 Å². The van der Waals surface area contributed by atoms with Crippen LogP contribution in [0.3, 0.4) is 0 Å². The molecule has 0 saturated carbocycles. The van der Waals surface area contributed by atoms with Crippen LogP contribution in [0.1, 0.15) is 20.8 Å². The van der Waals surface area contributed by atoms with Crippen molar-refractivity contribution < 1.29 is 91.5 Å². The molecule has 0 unspecified atom stereocenters. The molecule has 0 radical (unpaired) electrons. The summed E-state index contributed by atoms with van der Waals surface area (Å²) >= 11 is 0. The summed E-state index contributed by atoms with van der Waals surface area (Å²) in [6, 6.07) is -1.63. The van der Waals surface area contributed by atoms with E-state index < -0.39 is 38.6 Å². The summed E-state index contributed by atoms with van der Waals surface area (Å²) in [5.74, 6) is -2.37. The van der Waals surface area contributed by atoms with E-state index in [9.17, 15) is 27.7 Å². The molecule has 1 amide bonds. The largest absolute Gasteiger partial charge is 1.00 e. The van der Waals surface area contributed by atoms with Crippen LogP contribution in [0.2, 0.25) is 0 Å². The van der Waals surface area contributed by atoms with Gasteiger partial charge in [0, 0.05) is 5.75 Å². The number of hydrogen-bond donors (Lipinski definition) is 1. The quantitative estimate of drug-likeness (QED) is 0.295. The van der Waals surface area contributed by atoms with Gasteiger partial charge in [-0.3, -0.25) is 0 Å². The van der Waals surface area contributed by atoms with Crippen molar-refractivity contribution in [2.24, 2.45) is 0 Å². The fraction of sp³-hybridized carbons (Fsp3) is 0.750. The second kappa shape index (κ2) is 10.7. The van der Waals surface area contributed by atoms with Gasteiger partial charge in [-0.2, -0.15) is 0 Å². The van der Waals surface area contributed by atoms with Gasteiger partial charge in [0.15, 0.2) is 0 Å². The standard InChI is InChI=1S/C8H15NO7S2.2Na/c1-8(2,3)16-7(12)9-5(6(10)11)4-17-18(13,14)15;;/h5H,4H2,1-3H3,(H,9,12)(H,10,11)(H,13,14,15);;/q;2*+1/p-2/t5-;;/m0../s1. The maximum absolute atomic E-state index is 11.2. The van der Waals surface area contributed by atoms with Crippen LogP contribution in [0.15, 0.2) is 0 Å². The minimum absolute atomic E-state index is 0. The SMILES string of the molecule is CC(C)(C)OC(=O)N[C@@H](CSS(=O)(=O)[O-])C(=O)[O-].[Na+].[Na+]. The van der Waals surface area contributed by atoms with Crippen molar-refractivity contribution in [1.82, 2.24) is 5.32 Å². The van der Waals surface area contributed by atoms with Crippen molar-refractivity contribution in [3.05, 3.63) is 0 Å². The molecule has 0 fully saturated rings. The molecule has 106 valence electrons. The Kier molecular flexibility index (Phi) is 13.8. The molecular formula is C8H13NNa2O7S2. The summed E-state index contributed by atoms with van der Waals surface area (Å²) in [6.07, 6.45) is -1.04. The van der Waals surface area contributed by atoms with E-state index in [1.54, 1.807) is 20.8 Å². The van der Waals surface area contributed by atoms with Gasteiger partial charge in [0.05, 0.1) is 12.0 Å². The molecule has 0 spiro atoms. The van der Waals surface area contributed by atoms with Crippen LogP contribution in [0.5, 0.6) is 0 Å². The van der Waals surface area contributed by atoms with Crippen LogP contribution < -0.4 is 69.5 Å². The molecule has 0 aromatic heterocycles. The summed E-state index contributed by atoms with van der Waals surface area (Å²) in [7, 11) is -4.78. The van der Waals surface area contributed by atoms with E-state index in [1.165, 1.54) is 0 Å². The summed E-state index contributed by atoms with van der Waals surface area (Å²) < 4.78 is 35.7. The van der Waals surface area contributed by atoms with E-state index in [2.05, 4.69) is 0 Å². The zero-order valence-corrected chi connectivity index (χ0v) is 17.6. The Labute approximate surface area is 165 Å². The second-order valence-electron chi connectivity index (χ2n) is 4.21. The second-order valence-corrected chi connectivity index (χ2v) is 7.53. The van der Waals surface area contributed by atoms with E-state index in [0.29, 0.717) is 0 Å². The number of hydrogen-bond acceptors (Lipinski definition) is 8. The van der Waals surface area contributed by atoms with Gasteiger partial charge in [-0.25, -0.2) is 13.2 Å². The number of carboxylic acids is 1. The van der Waals surface area contributed by atoms with Gasteiger partial charge >= 0.3 is 65.2 Å². The Morgan fingerprint density at radius 2 is 1.75 bits per heavy atom. The van der Waals surface area contributed by atoms with Crippen molar-refractivity contribution in [1.29, 1.82) is 0 Å². The van der Waals surface area contributed by atoms with Crippen LogP contribution >= 0.6 is 10.8 Å². The third-order valence-electron chi connectivity index (χ3n) is 1.35. The molecule has 0 aliphatic rings. The number of rotatable bonds is 5. The monoisotopic (exact) mass is 345 g/mol. The maximum atomic E-state index is 11.2. The molecule has 1 N–H and O–H groups in total. The maximum Gasteiger partial charge on any atom is 1.00 e. The molecular weight excluding hydrogens is 332 g/mol. The first kappa shape index (κ1) is 25.9. The molecule has 0 aliphatic heterocycles. The Morgan fingerprint density at radius 3 is 2.05 bits per heavy atom. The van der Waals surface area contributed by atoms with Gasteiger partial charge in [0.2, 0.25) is 0 Å². The fourth-order valence-electron chi connectivity index (χ4n) is 0.770. The molecule has 0 aromatic carbocycles. The van der Waals surface area contributed by atoms with E-state index in [0.717, 1.165) is 0 Å². The molecule has 20 heavy (non-hydrogen) atoms. The van der Waals surface area contributed by atoms with Gasteiger partial charge in [0.25, 0.3) is 0 Å². The van der Waals surface area contributed by atoms with Gasteiger partial charge in [0.1, 0.15) is 14.8 Å². The number of nitrogens with one attached hydrogen (secondary N) is 1. The van der Waals surface area contributed by atoms with Crippen molar-refractivity contribution in [3.8, 4) is 0 Å². The number of amides is 1. The minimum atomic E-state index is -4.64. The fourth-order valence-corrected chi connectivity index (χ4v) is 2.20. The predicted octanol–water partition coefficient (Wildman–Crippen LogP) is -7.17. The third kappa shape index (κ3) is 15.4. The van der Waals surface area contributed by atoms with Crippen LogP contribution in [0.25, 0.3) is 0 Å². The van der Waals surface area contributed by atoms with Crippen molar-refractivity contribution in [3.63, 3.8) is 0 Å². The minimum Gasteiger partial charge on any atom is -0.739 e. The van der Waals surface area contributed by atoms with E-state index in [1.807, 2.05) is 5.32 Å². The first-order valence-electron chi connectivity index (χ1n) is 4.71. The summed E-state index contributed by atoms with van der Waals surface area (Å²) in [6.45, 7) is 4.70. The molecule has 0 heterocycles. The number of aliphatic carboxylic acids is 1. The number of carbonyl (C=O) groups is 2. The van der Waals surface area contributed by atoms with Gasteiger partial charge in [-0.15, -0.1) is 0 Å². The number of ether oxygens (including phenoxy) is 1. The Bertz CT molecular complexity index is 421. The van der Waals surface area contributed by atoms with Crippen molar-refractivity contribution >= 4 is 32.0 Å². The van der Waals surface area contributed by atoms with Crippen LogP contribution in [-0.4, -0.2) is 42.4 Å². The Hall–Kier alpha value is 1.00. The molecule has 0 aliphatic carbocycles. The first-order chi connectivity index (χ1) is 7.91. The molecule has 12 heteroatoms. The predicted molar refractivity (Wildman–Crippen MR) is 60.3 cm³/mol. The first-order valence-corrected chi connectivity index (χ1v) is 7.62. The zero-order valence-electron chi connectivity index (χ0n) is 12.0. The topological polar surface area (TPSA) is 136 Å². The summed E-state index contributed by atoms with van der Waals surface area (Å²) in [4.78, 5) is 21.9. The van der Waals surface area contributed by atoms with Gasteiger partial charge < -0.3 is 24.5 Å². The van der Waals surface area contributed by atoms with Crippen molar-refractivity contribution in [2.75, 3.05) is 5.75 Å². The number of alkyl carbamates (subject to hydrolysis) is 1. The zero-order chi connectivity index (χ0) is 14.6. The Balaban J connectivity index is -0.00000144. The molecule has 1 atom stereocenters. The van der Waals surface area contributed by atoms with E-state index in [4.69, 9.17) is 4.74 Å². The third-order valence-corrected chi connectivity index (χ3v) is 3.39. The molecule has 0 rings (SSSR count). The van der Waals surface area contributed by atoms with Crippen molar-refractivity contribution in [2.45, 2.75) is 32.4 Å². The summed E-state index contributed by atoms with van der Waals surface area (Å²) in [5.41, 5.74) is -0.835. The average Bonchev–Trinajstić information content (AvgIpc) is 2.06. The average molecular weight is 345 g/mol. The number of carbonyl (C=O) groups excluding carboxylic acids is 2. The summed E-state index contributed by atoms with van der Waals surface area (Å²) in [5, 5.41) is 12.5. The molecule has 0 aromatic rings. The van der Waals surface area contributed by atoms with Gasteiger partial charge in [-0.05, 0) is 31.6 Å².